The molecule has 8 nitrogen and oxygen atoms in total. The second-order valence-electron chi connectivity index (χ2n) is 13.2. The number of aliphatic hydroxyl groups excluding tert-OH is 1. The van der Waals surface area contributed by atoms with Gasteiger partial charge in [-0.05, 0) is 53.3 Å². The zero-order valence-corrected chi connectivity index (χ0v) is 27.3. The normalized spacial score (nSPS) is 20.9. The van der Waals surface area contributed by atoms with Crippen LogP contribution in [0, 0.1) is 5.92 Å². The first-order valence-corrected chi connectivity index (χ1v) is 16.9. The van der Waals surface area contributed by atoms with Gasteiger partial charge in [-0.25, -0.2) is 0 Å². The van der Waals surface area contributed by atoms with Crippen molar-refractivity contribution in [3.63, 3.8) is 0 Å². The first-order valence-electron chi connectivity index (χ1n) is 16.9. The number of hydrogen-bond donors (Lipinski definition) is 1. The minimum Gasteiger partial charge on any atom is -0.395 e. The van der Waals surface area contributed by atoms with E-state index in [1.165, 1.54) is 0 Å². The minimum atomic E-state index is -1.19. The van der Waals surface area contributed by atoms with Crippen molar-refractivity contribution in [2.45, 2.75) is 44.6 Å². The number of rotatable bonds is 9. The molecule has 0 bridgehead atoms. The Hall–Kier alpha value is -5.31. The molecule has 1 spiro atoms. The van der Waals surface area contributed by atoms with E-state index in [2.05, 4.69) is 0 Å². The number of fused-ring (bicyclic) bond motifs is 2. The Labute approximate surface area is 285 Å². The highest BCUT2D eigenvalue weighted by molar-refractivity contribution is 6.27. The molecule has 0 aliphatic carbocycles. The van der Waals surface area contributed by atoms with Crippen molar-refractivity contribution >= 4 is 45.6 Å². The van der Waals surface area contributed by atoms with Crippen molar-refractivity contribution in [2.24, 2.45) is 5.92 Å². The Kier molecular flexibility index (Phi) is 7.77. The van der Waals surface area contributed by atoms with Gasteiger partial charge in [0.2, 0.25) is 5.91 Å². The number of aliphatic hydroxyl groups is 1. The fourth-order valence-corrected chi connectivity index (χ4v) is 7.95. The molecule has 49 heavy (non-hydrogen) atoms. The number of para-hydroxylation sites is 1. The average molecular weight is 652 g/mol. The van der Waals surface area contributed by atoms with E-state index < -0.39 is 11.7 Å². The molecule has 1 fully saturated rings. The smallest absolute Gasteiger partial charge is 0.264 e. The minimum absolute atomic E-state index is 0.0508. The van der Waals surface area contributed by atoms with Crippen molar-refractivity contribution < 1.29 is 24.2 Å². The quantitative estimate of drug-likeness (QED) is 0.191. The lowest BCUT2D eigenvalue weighted by molar-refractivity contribution is -0.150. The highest BCUT2D eigenvalue weighted by Gasteiger charge is 2.60. The molecule has 0 aromatic heterocycles. The van der Waals surface area contributed by atoms with Gasteiger partial charge in [-0.15, -0.1) is 0 Å². The van der Waals surface area contributed by atoms with Crippen LogP contribution in [0.15, 0.2) is 115 Å². The van der Waals surface area contributed by atoms with E-state index in [1.807, 2.05) is 122 Å². The molecule has 3 aliphatic rings. The van der Waals surface area contributed by atoms with Gasteiger partial charge in [0.1, 0.15) is 0 Å². The Bertz CT molecular complexity index is 2080. The number of hydrogen-bond acceptors (Lipinski definition) is 5. The van der Waals surface area contributed by atoms with Crippen molar-refractivity contribution in [1.29, 1.82) is 0 Å². The summed E-state index contributed by atoms with van der Waals surface area (Å²) in [6.45, 7) is 2.85. The third-order valence-electron chi connectivity index (χ3n) is 10.3. The van der Waals surface area contributed by atoms with Crippen LogP contribution in [-0.4, -0.2) is 47.0 Å². The predicted molar refractivity (Wildman–Crippen MR) is 188 cm³/mol. The topological polar surface area (TPSA) is 90.4 Å². The maximum absolute atomic E-state index is 14.5. The summed E-state index contributed by atoms with van der Waals surface area (Å²) in [4.78, 5) is 46.7. The Morgan fingerprint density at radius 2 is 1.57 bits per heavy atom. The van der Waals surface area contributed by atoms with Gasteiger partial charge in [-0.1, -0.05) is 91.9 Å². The number of carbonyl (C=O) groups is 3. The van der Waals surface area contributed by atoms with Gasteiger partial charge in [0.15, 0.2) is 5.60 Å². The van der Waals surface area contributed by atoms with Crippen LogP contribution in [0.2, 0.25) is 0 Å². The van der Waals surface area contributed by atoms with Crippen LogP contribution in [0.1, 0.15) is 46.8 Å². The van der Waals surface area contributed by atoms with E-state index in [1.54, 1.807) is 14.7 Å². The van der Waals surface area contributed by atoms with Crippen LogP contribution >= 0.6 is 0 Å². The molecule has 1 N–H and O–H groups in total. The second kappa shape index (κ2) is 12.3. The largest absolute Gasteiger partial charge is 0.395 e. The number of anilines is 3. The molecule has 5 aromatic rings. The standard InChI is InChI=1S/C41H37N3O5/c1-27-23-32(24-37(46)42(21-22-45)25-28-9-3-2-4-10-28)49-41(27)34-14-5-6-15-35(34)43(40(41)48)26-29-17-19-31(20-18-29)44-36-16-8-12-30-11-7-13-33(38(30)36)39(44)47/h2-20,27,32,45H,21-26H2,1H3/t27-,32-,41+/m1/s1. The zero-order valence-electron chi connectivity index (χ0n) is 27.3. The summed E-state index contributed by atoms with van der Waals surface area (Å²) >= 11 is 0. The van der Waals surface area contributed by atoms with Crippen molar-refractivity contribution in [2.75, 3.05) is 23.0 Å². The van der Waals surface area contributed by atoms with Crippen molar-refractivity contribution in [1.82, 2.24) is 4.90 Å². The van der Waals surface area contributed by atoms with Crippen LogP contribution < -0.4 is 9.80 Å². The number of nitrogens with zero attached hydrogens (tertiary/aromatic N) is 3. The molecule has 246 valence electrons. The molecule has 3 amide bonds. The molecule has 3 aliphatic heterocycles. The van der Waals surface area contributed by atoms with Crippen LogP contribution in [0.4, 0.5) is 17.1 Å². The molecule has 8 heteroatoms. The van der Waals surface area contributed by atoms with Crippen LogP contribution in [0.3, 0.4) is 0 Å². The number of amides is 3. The van der Waals surface area contributed by atoms with E-state index in [-0.39, 0.29) is 43.2 Å². The number of ether oxygens (including phenoxy) is 1. The maximum atomic E-state index is 14.5. The first-order chi connectivity index (χ1) is 23.9. The van der Waals surface area contributed by atoms with E-state index in [0.717, 1.165) is 44.5 Å². The molecule has 0 unspecified atom stereocenters. The van der Waals surface area contributed by atoms with Gasteiger partial charge in [0, 0.05) is 35.6 Å². The Morgan fingerprint density at radius 3 is 2.35 bits per heavy atom. The van der Waals surface area contributed by atoms with E-state index in [0.29, 0.717) is 25.1 Å². The monoisotopic (exact) mass is 651 g/mol. The van der Waals surface area contributed by atoms with E-state index in [9.17, 15) is 19.5 Å². The number of benzene rings is 5. The zero-order chi connectivity index (χ0) is 33.7. The fourth-order valence-electron chi connectivity index (χ4n) is 7.95. The van der Waals surface area contributed by atoms with Crippen molar-refractivity contribution in [3.8, 4) is 0 Å². The molecule has 3 heterocycles. The molecule has 0 saturated carbocycles. The summed E-state index contributed by atoms with van der Waals surface area (Å²) in [7, 11) is 0. The number of carbonyl (C=O) groups excluding carboxylic acids is 3. The fraction of sp³-hybridized carbons (Fsp3) is 0.244. The molecule has 8 rings (SSSR count). The predicted octanol–water partition coefficient (Wildman–Crippen LogP) is 6.71. The lowest BCUT2D eigenvalue weighted by atomic mass is 9.83. The average Bonchev–Trinajstić information content (AvgIpc) is 3.69. The third-order valence-corrected chi connectivity index (χ3v) is 10.3. The first kappa shape index (κ1) is 31.0. The van der Waals surface area contributed by atoms with Gasteiger partial charge >= 0.3 is 0 Å². The molecular weight excluding hydrogens is 614 g/mol. The Morgan fingerprint density at radius 1 is 0.857 bits per heavy atom. The molecular formula is C41H37N3O5. The molecule has 3 atom stereocenters. The maximum Gasteiger partial charge on any atom is 0.264 e. The summed E-state index contributed by atoms with van der Waals surface area (Å²) in [5, 5.41) is 11.7. The summed E-state index contributed by atoms with van der Waals surface area (Å²) in [5.74, 6) is -0.449. The lowest BCUT2D eigenvalue weighted by Crippen LogP contribution is -2.44. The summed E-state index contributed by atoms with van der Waals surface area (Å²) in [6, 6.07) is 37.1. The van der Waals surface area contributed by atoms with Crippen LogP contribution in [0.25, 0.3) is 10.8 Å². The molecule has 1 saturated heterocycles. The highest BCUT2D eigenvalue weighted by atomic mass is 16.5. The van der Waals surface area contributed by atoms with Gasteiger partial charge in [0.25, 0.3) is 11.8 Å². The van der Waals surface area contributed by atoms with Gasteiger partial charge in [-0.3, -0.25) is 19.3 Å². The second-order valence-corrected chi connectivity index (χ2v) is 13.2. The van der Waals surface area contributed by atoms with Gasteiger partial charge < -0.3 is 19.6 Å². The lowest BCUT2D eigenvalue weighted by Gasteiger charge is -2.29. The Balaban J connectivity index is 1.01. The van der Waals surface area contributed by atoms with E-state index >= 15 is 0 Å². The van der Waals surface area contributed by atoms with Crippen molar-refractivity contribution in [3.05, 3.63) is 138 Å². The summed E-state index contributed by atoms with van der Waals surface area (Å²) < 4.78 is 6.69. The summed E-state index contributed by atoms with van der Waals surface area (Å²) in [6.07, 6.45) is 0.246. The van der Waals surface area contributed by atoms with Crippen LogP contribution in [-0.2, 0) is 33.0 Å². The van der Waals surface area contributed by atoms with E-state index in [4.69, 9.17) is 4.74 Å². The van der Waals surface area contributed by atoms with Gasteiger partial charge in [-0.2, -0.15) is 0 Å². The van der Waals surface area contributed by atoms with Gasteiger partial charge in [0.05, 0.1) is 42.6 Å². The molecule has 5 aromatic carbocycles. The van der Waals surface area contributed by atoms with Crippen LogP contribution in [0.5, 0.6) is 0 Å². The molecule has 0 radical (unpaired) electrons. The highest BCUT2D eigenvalue weighted by Crippen LogP contribution is 2.54. The summed E-state index contributed by atoms with van der Waals surface area (Å²) in [5.41, 5.74) is 4.69. The third kappa shape index (κ3) is 5.10. The SMILES string of the molecule is C[C@@H]1C[C@H](CC(=O)N(CCO)Cc2ccccc2)O[C@@]12C(=O)N(Cc1ccc(N3C(=O)c4cccc5cccc3c45)cc1)c1ccccc12.